The number of nitrogens with zero attached hydrogens (tertiary/aromatic N) is 2. The van der Waals surface area contributed by atoms with E-state index >= 15 is 0 Å². The summed E-state index contributed by atoms with van der Waals surface area (Å²) in [5.74, 6) is -0.357. The van der Waals surface area contributed by atoms with Gasteiger partial charge in [0.2, 0.25) is 0 Å². The summed E-state index contributed by atoms with van der Waals surface area (Å²) in [6.45, 7) is 8.89. The molecule has 1 aromatic carbocycles. The molecule has 0 fully saturated rings. The van der Waals surface area contributed by atoms with Gasteiger partial charge in [0.25, 0.3) is 0 Å². The first-order valence-electron chi connectivity index (χ1n) is 9.88. The molecule has 0 atom stereocenters. The third-order valence-electron chi connectivity index (χ3n) is 4.65. The first-order chi connectivity index (χ1) is 14.4. The summed E-state index contributed by atoms with van der Waals surface area (Å²) in [6.07, 6.45) is 0.737. The topological polar surface area (TPSA) is 68.2 Å². The second kappa shape index (κ2) is 9.86. The molecule has 0 saturated carbocycles. The largest absolute Gasteiger partial charge is 0.462 e. The number of anilines is 2. The molecule has 0 aliphatic rings. The summed E-state index contributed by atoms with van der Waals surface area (Å²) >= 11 is 7.03. The molecule has 30 heavy (non-hydrogen) atoms. The van der Waals surface area contributed by atoms with E-state index in [0.29, 0.717) is 22.3 Å². The van der Waals surface area contributed by atoms with Gasteiger partial charge in [0.1, 0.15) is 5.00 Å². The molecule has 0 saturated heterocycles. The fraction of sp³-hybridized carbons (Fsp3) is 0.318. The summed E-state index contributed by atoms with van der Waals surface area (Å²) in [4.78, 5) is 13.5. The molecule has 3 rings (SSSR count). The number of hydrogen-bond donors (Lipinski definition) is 2. The number of rotatable bonds is 7. The van der Waals surface area contributed by atoms with Crippen molar-refractivity contribution in [2.24, 2.45) is 0 Å². The maximum atomic E-state index is 12.5. The highest BCUT2D eigenvalue weighted by molar-refractivity contribution is 7.80. The SMILES string of the molecule is CCOC(=O)c1cc(Cc2ccccc2)sc1NC(=S)Nc1c(C)nn(CC)c1C. The number of thiocarbonyl (C=S) groups is 1. The van der Waals surface area contributed by atoms with Crippen LogP contribution in [0.4, 0.5) is 10.7 Å². The molecule has 8 heteroatoms. The molecule has 0 aliphatic heterocycles. The molecule has 0 radical (unpaired) electrons. The van der Waals surface area contributed by atoms with E-state index in [2.05, 4.69) is 27.9 Å². The lowest BCUT2D eigenvalue weighted by Crippen LogP contribution is -2.20. The lowest BCUT2D eigenvalue weighted by Gasteiger charge is -2.11. The Balaban J connectivity index is 1.82. The van der Waals surface area contributed by atoms with Crippen LogP contribution in [0.5, 0.6) is 0 Å². The van der Waals surface area contributed by atoms with Gasteiger partial charge in [-0.1, -0.05) is 30.3 Å². The number of aryl methyl sites for hydroxylation is 2. The van der Waals surface area contributed by atoms with Crippen LogP contribution < -0.4 is 10.6 Å². The highest BCUT2D eigenvalue weighted by Gasteiger charge is 2.19. The minimum absolute atomic E-state index is 0.319. The lowest BCUT2D eigenvalue weighted by molar-refractivity contribution is 0.0528. The minimum atomic E-state index is -0.357. The van der Waals surface area contributed by atoms with E-state index in [9.17, 15) is 4.79 Å². The predicted molar refractivity (Wildman–Crippen MR) is 127 cm³/mol. The van der Waals surface area contributed by atoms with Gasteiger partial charge in [-0.05, 0) is 51.5 Å². The van der Waals surface area contributed by atoms with Crippen LogP contribution in [0.3, 0.4) is 0 Å². The van der Waals surface area contributed by atoms with Gasteiger partial charge >= 0.3 is 5.97 Å². The van der Waals surface area contributed by atoms with Gasteiger partial charge in [-0.3, -0.25) is 4.68 Å². The molecule has 0 amide bonds. The number of aromatic nitrogens is 2. The molecule has 2 heterocycles. The van der Waals surface area contributed by atoms with E-state index in [-0.39, 0.29) is 5.97 Å². The number of esters is 1. The molecule has 0 spiro atoms. The normalized spacial score (nSPS) is 10.7. The summed E-state index contributed by atoms with van der Waals surface area (Å²) in [7, 11) is 0. The fourth-order valence-corrected chi connectivity index (χ4v) is 4.56. The van der Waals surface area contributed by atoms with Crippen LogP contribution in [-0.2, 0) is 17.7 Å². The Hall–Kier alpha value is -2.71. The highest BCUT2D eigenvalue weighted by atomic mass is 32.1. The van der Waals surface area contributed by atoms with E-state index in [1.54, 1.807) is 6.92 Å². The van der Waals surface area contributed by atoms with Gasteiger partial charge in [-0.2, -0.15) is 5.10 Å². The van der Waals surface area contributed by atoms with Crippen LogP contribution in [-0.4, -0.2) is 27.5 Å². The number of carbonyl (C=O) groups is 1. The first kappa shape index (κ1) is 22.0. The van der Waals surface area contributed by atoms with Gasteiger partial charge in [0, 0.05) is 17.8 Å². The van der Waals surface area contributed by atoms with Crippen LogP contribution in [0.15, 0.2) is 36.4 Å². The summed E-state index contributed by atoms with van der Waals surface area (Å²) in [5, 5.41) is 12.0. The average Bonchev–Trinajstić information content (AvgIpc) is 3.24. The highest BCUT2D eigenvalue weighted by Crippen LogP contribution is 2.31. The second-order valence-electron chi connectivity index (χ2n) is 6.78. The van der Waals surface area contributed by atoms with Gasteiger partial charge < -0.3 is 15.4 Å². The van der Waals surface area contributed by atoms with Crippen molar-refractivity contribution in [2.75, 3.05) is 17.2 Å². The van der Waals surface area contributed by atoms with Crippen molar-refractivity contribution in [1.29, 1.82) is 0 Å². The summed E-state index contributed by atoms with van der Waals surface area (Å²) in [6, 6.07) is 12.0. The molecule has 0 bridgehead atoms. The van der Waals surface area contributed by atoms with Gasteiger partial charge in [0.15, 0.2) is 5.11 Å². The molecule has 2 aromatic heterocycles. The van der Waals surface area contributed by atoms with Crippen molar-refractivity contribution in [3.63, 3.8) is 0 Å². The number of benzene rings is 1. The number of carbonyl (C=O) groups excluding carboxylic acids is 1. The Morgan fingerprint density at radius 1 is 1.20 bits per heavy atom. The summed E-state index contributed by atoms with van der Waals surface area (Å²) < 4.78 is 7.16. The average molecular weight is 443 g/mol. The van der Waals surface area contributed by atoms with E-state index in [4.69, 9.17) is 17.0 Å². The zero-order chi connectivity index (χ0) is 21.7. The van der Waals surface area contributed by atoms with Crippen LogP contribution in [0.25, 0.3) is 0 Å². The minimum Gasteiger partial charge on any atom is -0.462 e. The molecule has 6 nitrogen and oxygen atoms in total. The van der Waals surface area contributed by atoms with E-state index in [0.717, 1.165) is 34.9 Å². The number of hydrogen-bond acceptors (Lipinski definition) is 5. The Labute approximate surface area is 186 Å². The van der Waals surface area contributed by atoms with Crippen LogP contribution in [0, 0.1) is 13.8 Å². The fourth-order valence-electron chi connectivity index (χ4n) is 3.21. The molecular weight excluding hydrogens is 416 g/mol. The van der Waals surface area contributed by atoms with Crippen molar-refractivity contribution in [3.8, 4) is 0 Å². The van der Waals surface area contributed by atoms with Gasteiger partial charge in [0.05, 0.1) is 29.2 Å². The second-order valence-corrected chi connectivity index (χ2v) is 8.32. The quantitative estimate of drug-likeness (QED) is 0.389. The van der Waals surface area contributed by atoms with Crippen molar-refractivity contribution in [1.82, 2.24) is 9.78 Å². The van der Waals surface area contributed by atoms with Crippen LogP contribution >= 0.6 is 23.6 Å². The zero-order valence-electron chi connectivity index (χ0n) is 17.6. The standard InChI is InChI=1S/C22H26N4O2S2/c1-5-26-15(4)19(14(3)25-26)23-22(29)24-20-18(21(27)28-6-2)13-17(30-20)12-16-10-8-7-9-11-16/h7-11,13H,5-6,12H2,1-4H3,(H2,23,24,29). The predicted octanol–water partition coefficient (Wildman–Crippen LogP) is 5.16. The number of ether oxygens (including phenoxy) is 1. The third-order valence-corrected chi connectivity index (χ3v) is 5.90. The number of thiophene rings is 1. The maximum Gasteiger partial charge on any atom is 0.341 e. The number of nitrogens with one attached hydrogen (secondary N) is 2. The van der Waals surface area contributed by atoms with E-state index < -0.39 is 0 Å². The zero-order valence-corrected chi connectivity index (χ0v) is 19.2. The van der Waals surface area contributed by atoms with Crippen molar-refractivity contribution < 1.29 is 9.53 Å². The smallest absolute Gasteiger partial charge is 0.341 e. The Morgan fingerprint density at radius 3 is 2.57 bits per heavy atom. The molecule has 3 aromatic rings. The molecule has 158 valence electrons. The van der Waals surface area contributed by atoms with Gasteiger partial charge in [-0.15, -0.1) is 11.3 Å². The van der Waals surface area contributed by atoms with E-state index in [1.165, 1.54) is 16.9 Å². The molecule has 0 aliphatic carbocycles. The first-order valence-corrected chi connectivity index (χ1v) is 11.1. The molecule has 0 unspecified atom stereocenters. The van der Waals surface area contributed by atoms with Crippen molar-refractivity contribution in [2.45, 2.75) is 40.7 Å². The maximum absolute atomic E-state index is 12.5. The van der Waals surface area contributed by atoms with E-state index in [1.807, 2.05) is 49.7 Å². The third kappa shape index (κ3) is 5.06. The Morgan fingerprint density at radius 2 is 1.93 bits per heavy atom. The Kier molecular flexibility index (Phi) is 7.23. The molecule has 2 N–H and O–H groups in total. The Bertz CT molecular complexity index is 1040. The van der Waals surface area contributed by atoms with Crippen molar-refractivity contribution in [3.05, 3.63) is 63.8 Å². The van der Waals surface area contributed by atoms with Crippen LogP contribution in [0.1, 0.15) is 46.0 Å². The van der Waals surface area contributed by atoms with Crippen LogP contribution in [0.2, 0.25) is 0 Å². The lowest BCUT2D eigenvalue weighted by atomic mass is 10.1. The molecular formula is C22H26N4O2S2. The monoisotopic (exact) mass is 442 g/mol. The van der Waals surface area contributed by atoms with Crippen molar-refractivity contribution >= 4 is 45.3 Å². The van der Waals surface area contributed by atoms with Gasteiger partial charge in [-0.25, -0.2) is 4.79 Å². The summed E-state index contributed by atoms with van der Waals surface area (Å²) in [5.41, 5.74) is 4.45.